The molecular formula is C74H158O26. The van der Waals surface area contributed by atoms with Gasteiger partial charge in [0.2, 0.25) is 0 Å². The molecule has 0 saturated carbocycles. The Morgan fingerprint density at radius 3 is 0.320 bits per heavy atom. The normalized spacial score (nSPS) is 13.7. The molecule has 0 saturated heterocycles. The molecule has 26 heteroatoms. The summed E-state index contributed by atoms with van der Waals surface area (Å²) < 4.78 is 0. The summed E-state index contributed by atoms with van der Waals surface area (Å²) in [5.41, 5.74) is 0. The molecule has 0 radical (unpaired) electrons. The lowest BCUT2D eigenvalue weighted by atomic mass is 10.0. The highest BCUT2D eigenvalue weighted by atomic mass is 16.4. The van der Waals surface area contributed by atoms with E-state index < -0.39 is 145 Å². The molecule has 0 spiro atoms. The highest BCUT2D eigenvalue weighted by Crippen LogP contribution is 2.17. The molecular weight excluding hydrogens is 1300 g/mol. The van der Waals surface area contributed by atoms with Crippen LogP contribution < -0.4 is 0 Å². The molecule has 26 nitrogen and oxygen atoms in total. The lowest BCUT2D eigenvalue weighted by Crippen LogP contribution is -2.31. The Balaban J connectivity index is -0.000000168. The summed E-state index contributed by atoms with van der Waals surface area (Å²) in [6.45, 7) is 1.55. The molecule has 0 fully saturated rings. The van der Waals surface area contributed by atoms with Crippen molar-refractivity contribution in [3.8, 4) is 0 Å². The van der Waals surface area contributed by atoms with Crippen molar-refractivity contribution >= 4 is 17.9 Å². The average molecular weight is 1460 g/mol. The van der Waals surface area contributed by atoms with Crippen molar-refractivity contribution in [3.63, 3.8) is 0 Å². The first-order valence-corrected chi connectivity index (χ1v) is 38.5. The van der Waals surface area contributed by atoms with E-state index in [0.717, 1.165) is 38.5 Å². The number of carbonyl (C=O) groups is 3. The Morgan fingerprint density at radius 1 is 0.170 bits per heavy atom. The second kappa shape index (κ2) is 98.7. The maximum absolute atomic E-state index is 10.3. The number of unbranched alkanes of at least 4 members (excludes halogenated alkanes) is 42. The lowest BCUT2D eigenvalue weighted by Gasteiger charge is -2.10. The highest BCUT2D eigenvalue weighted by molar-refractivity contribution is 5.67. The predicted molar refractivity (Wildman–Crippen MR) is 392 cm³/mol. The van der Waals surface area contributed by atoms with Gasteiger partial charge in [0.15, 0.2) is 0 Å². The summed E-state index contributed by atoms with van der Waals surface area (Å²) >= 11 is 0. The van der Waals surface area contributed by atoms with Gasteiger partial charge in [0.1, 0.15) is 61.0 Å². The molecule has 0 aromatic carbocycles. The van der Waals surface area contributed by atoms with Crippen LogP contribution >= 0.6 is 0 Å². The van der Waals surface area contributed by atoms with Crippen LogP contribution in [0.1, 0.15) is 329 Å². The number of carboxylic acid groups (broad SMARTS) is 3. The summed E-state index contributed by atoms with van der Waals surface area (Å²) in [7, 11) is 0. The van der Waals surface area contributed by atoms with Crippen LogP contribution in [0.3, 0.4) is 0 Å². The van der Waals surface area contributed by atoms with Crippen molar-refractivity contribution in [1.29, 1.82) is 0 Å². The number of aliphatic hydroxyl groups excluding tert-OH is 20. The van der Waals surface area contributed by atoms with E-state index in [1.165, 1.54) is 250 Å². The Kier molecular flexibility index (Phi) is 112. The fourth-order valence-corrected chi connectivity index (χ4v) is 9.16. The SMILES string of the molecule is CCCCCCCCCCCCCCCCCC(=O)O.CCCCCCCCCCCCCCCCCC(=O)O.CCCCCCCCCCCCCCCCCC(=O)O.OC[C@@H](O)[C@@H](O)CO.OC[C@@H](O)[C@@H](O)CO.OC[C@@H](O)[C@@H](O)CO.OC[C@@H](O)[C@@H](O)CO.OC[C@@H](O)[C@@H](O)CO. The van der Waals surface area contributed by atoms with Gasteiger partial charge in [0.05, 0.1) is 66.1 Å². The number of aliphatic hydroxyl groups is 20. The van der Waals surface area contributed by atoms with E-state index in [-0.39, 0.29) is 0 Å². The minimum atomic E-state index is -1.22. The van der Waals surface area contributed by atoms with Gasteiger partial charge in [-0.3, -0.25) is 14.4 Å². The van der Waals surface area contributed by atoms with E-state index in [0.29, 0.717) is 19.3 Å². The van der Waals surface area contributed by atoms with Gasteiger partial charge in [0.25, 0.3) is 0 Å². The van der Waals surface area contributed by atoms with Gasteiger partial charge in [-0.15, -0.1) is 0 Å². The molecule has 0 aromatic rings. The standard InChI is InChI=1S/3C18H36O2.5C4H10O4/c3*1-2-3-4-5-6-7-8-9-10-11-12-13-14-15-16-17-18(19)20;5*5-1-3(7)4(8)2-6/h3*2-17H2,1H3,(H,19,20);5*3-8H,1-2H2/t;;;5*3-,4+. The summed E-state index contributed by atoms with van der Waals surface area (Å²) in [5.74, 6) is -1.96. The summed E-state index contributed by atoms with van der Waals surface area (Å²) in [6.07, 6.45) is 48.4. The molecule has 0 unspecified atom stereocenters. The first-order valence-electron chi connectivity index (χ1n) is 38.5. The quantitative estimate of drug-likeness (QED) is 0.0263. The van der Waals surface area contributed by atoms with Crippen molar-refractivity contribution in [2.45, 2.75) is 390 Å². The van der Waals surface area contributed by atoms with Gasteiger partial charge in [-0.1, -0.05) is 290 Å². The molecule has 0 aliphatic heterocycles. The first kappa shape index (κ1) is 113. The molecule has 0 aliphatic rings. The summed E-state index contributed by atoms with van der Waals surface area (Å²) in [4.78, 5) is 31.0. The zero-order chi connectivity index (χ0) is 77.5. The molecule has 0 aliphatic carbocycles. The first-order chi connectivity index (χ1) is 47.9. The fraction of sp³-hybridized carbons (Fsp3) is 0.959. The molecule has 0 aromatic heterocycles. The number of rotatable bonds is 63. The van der Waals surface area contributed by atoms with Gasteiger partial charge in [-0.05, 0) is 19.3 Å². The van der Waals surface area contributed by atoms with Gasteiger partial charge >= 0.3 is 17.9 Å². The smallest absolute Gasteiger partial charge is 0.303 e. The van der Waals surface area contributed by atoms with E-state index in [9.17, 15) is 14.4 Å². The molecule has 610 valence electrons. The topological polar surface area (TPSA) is 517 Å². The van der Waals surface area contributed by atoms with Gasteiger partial charge in [0, 0.05) is 19.3 Å². The van der Waals surface area contributed by atoms with Gasteiger partial charge in [-0.25, -0.2) is 0 Å². The third-order valence-electron chi connectivity index (χ3n) is 16.1. The number of carboxylic acids is 3. The second-order valence-corrected chi connectivity index (χ2v) is 25.8. The maximum Gasteiger partial charge on any atom is 0.303 e. The second-order valence-electron chi connectivity index (χ2n) is 25.8. The highest BCUT2D eigenvalue weighted by Gasteiger charge is 2.15. The van der Waals surface area contributed by atoms with Gasteiger partial charge < -0.3 is 117 Å². The van der Waals surface area contributed by atoms with E-state index in [1.54, 1.807) is 0 Å². The zero-order valence-electron chi connectivity index (χ0n) is 62.8. The number of hydrogen-bond donors (Lipinski definition) is 23. The molecule has 100 heavy (non-hydrogen) atoms. The Morgan fingerprint density at radius 2 is 0.250 bits per heavy atom. The van der Waals surface area contributed by atoms with Crippen molar-refractivity contribution in [1.82, 2.24) is 0 Å². The van der Waals surface area contributed by atoms with Gasteiger partial charge in [-0.2, -0.15) is 0 Å². The van der Waals surface area contributed by atoms with E-state index >= 15 is 0 Å². The van der Waals surface area contributed by atoms with E-state index in [4.69, 9.17) is 117 Å². The van der Waals surface area contributed by atoms with Crippen LogP contribution in [0.25, 0.3) is 0 Å². The van der Waals surface area contributed by atoms with Crippen molar-refractivity contribution < 1.29 is 132 Å². The van der Waals surface area contributed by atoms with Crippen molar-refractivity contribution in [3.05, 3.63) is 0 Å². The third kappa shape index (κ3) is 109. The predicted octanol–water partition coefficient (Wildman–Crippen LogP) is 7.46. The zero-order valence-corrected chi connectivity index (χ0v) is 62.8. The van der Waals surface area contributed by atoms with Crippen LogP contribution in [0.4, 0.5) is 0 Å². The number of hydrogen-bond acceptors (Lipinski definition) is 23. The van der Waals surface area contributed by atoms with Crippen LogP contribution in [0.15, 0.2) is 0 Å². The van der Waals surface area contributed by atoms with Crippen LogP contribution in [0.5, 0.6) is 0 Å². The Hall–Kier alpha value is -2.39. The molecule has 0 amide bonds. The largest absolute Gasteiger partial charge is 0.481 e. The van der Waals surface area contributed by atoms with Crippen LogP contribution in [0.2, 0.25) is 0 Å². The van der Waals surface area contributed by atoms with Crippen LogP contribution in [-0.4, -0.2) is 262 Å². The molecule has 0 bridgehead atoms. The lowest BCUT2D eigenvalue weighted by molar-refractivity contribution is -0.138. The molecule has 23 N–H and O–H groups in total. The fourth-order valence-electron chi connectivity index (χ4n) is 9.16. The minimum absolute atomic E-state index is 0.345. The minimum Gasteiger partial charge on any atom is -0.481 e. The Bertz CT molecular complexity index is 1260. The van der Waals surface area contributed by atoms with Crippen molar-refractivity contribution in [2.75, 3.05) is 66.1 Å². The van der Waals surface area contributed by atoms with Crippen LogP contribution in [-0.2, 0) is 14.4 Å². The molecule has 0 rings (SSSR count). The third-order valence-corrected chi connectivity index (χ3v) is 16.1. The molecule has 10 atom stereocenters. The monoisotopic (exact) mass is 1460 g/mol. The maximum atomic E-state index is 10.3. The molecule has 0 heterocycles. The number of aliphatic carboxylic acids is 3. The van der Waals surface area contributed by atoms with E-state index in [2.05, 4.69) is 20.8 Å². The Labute approximate surface area is 603 Å². The van der Waals surface area contributed by atoms with Crippen molar-refractivity contribution in [2.24, 2.45) is 0 Å². The van der Waals surface area contributed by atoms with Crippen LogP contribution in [0, 0.1) is 0 Å². The van der Waals surface area contributed by atoms with E-state index in [1.807, 2.05) is 0 Å². The average Bonchev–Trinajstić information content (AvgIpc) is 3.84. The summed E-state index contributed by atoms with van der Waals surface area (Å²) in [6, 6.07) is 0. The summed E-state index contributed by atoms with van der Waals surface area (Å²) in [5, 5.41) is 191.